The largest absolute Gasteiger partial charge is 0.507 e. The third kappa shape index (κ3) is 3.38. The molecule has 21 heavy (non-hydrogen) atoms. The van der Waals surface area contributed by atoms with Crippen LogP contribution in [0.3, 0.4) is 0 Å². The second-order valence-corrected chi connectivity index (χ2v) is 5.77. The summed E-state index contributed by atoms with van der Waals surface area (Å²) in [5.41, 5.74) is 1.88. The minimum absolute atomic E-state index is 0.0790. The monoisotopic (exact) mass is 290 g/mol. The van der Waals surface area contributed by atoms with E-state index in [1.54, 1.807) is 12.1 Å². The zero-order chi connectivity index (χ0) is 15.3. The third-order valence-electron chi connectivity index (χ3n) is 4.66. The van der Waals surface area contributed by atoms with Crippen LogP contribution in [0, 0.1) is 5.41 Å². The minimum atomic E-state index is 0.0790. The van der Waals surface area contributed by atoms with E-state index in [2.05, 4.69) is 10.2 Å². The molecule has 0 amide bonds. The van der Waals surface area contributed by atoms with Gasteiger partial charge in [0.15, 0.2) is 6.29 Å². The summed E-state index contributed by atoms with van der Waals surface area (Å²) in [7, 11) is 0. The number of hydrogen-bond acceptors (Lipinski definition) is 4. The Morgan fingerprint density at radius 3 is 2.48 bits per heavy atom. The molecule has 1 aromatic carbocycles. The van der Waals surface area contributed by atoms with Crippen LogP contribution in [0.1, 0.15) is 43.5 Å². The Morgan fingerprint density at radius 1 is 1.24 bits per heavy atom. The number of aldehydes is 1. The molecular formula is C17H26N2O2. The lowest BCUT2D eigenvalue weighted by Gasteiger charge is -2.40. The van der Waals surface area contributed by atoms with Crippen molar-refractivity contribution in [3.63, 3.8) is 0 Å². The van der Waals surface area contributed by atoms with Gasteiger partial charge in [0.2, 0.25) is 0 Å². The number of carbonyl (C=O) groups excluding carboxylic acids is 1. The fourth-order valence-electron chi connectivity index (χ4n) is 3.29. The normalized spacial score (nSPS) is 20.0. The van der Waals surface area contributed by atoms with Gasteiger partial charge in [0.1, 0.15) is 5.75 Å². The molecule has 0 aliphatic carbocycles. The molecule has 0 radical (unpaired) electrons. The molecule has 1 aromatic rings. The fraction of sp³-hybridized carbons (Fsp3) is 0.588. The maximum Gasteiger partial charge on any atom is 0.153 e. The molecule has 1 spiro atoms. The van der Waals surface area contributed by atoms with Gasteiger partial charge in [-0.3, -0.25) is 4.79 Å². The number of anilines is 1. The van der Waals surface area contributed by atoms with Crippen molar-refractivity contribution in [3.8, 4) is 5.75 Å². The smallest absolute Gasteiger partial charge is 0.153 e. The second kappa shape index (κ2) is 6.94. The van der Waals surface area contributed by atoms with Crippen molar-refractivity contribution in [2.45, 2.75) is 33.1 Å². The lowest BCUT2D eigenvalue weighted by Crippen LogP contribution is -2.41. The molecule has 0 unspecified atom stereocenters. The predicted octanol–water partition coefficient (Wildman–Crippen LogP) is 2.81. The summed E-state index contributed by atoms with van der Waals surface area (Å²) in [5.74, 6) is 0.0790. The summed E-state index contributed by atoms with van der Waals surface area (Å²) in [6, 6.07) is 5.32. The minimum Gasteiger partial charge on any atom is -0.507 e. The zero-order valence-electron chi connectivity index (χ0n) is 13.1. The highest BCUT2D eigenvalue weighted by Gasteiger charge is 2.37. The molecule has 4 heteroatoms. The van der Waals surface area contributed by atoms with Crippen LogP contribution in [0.25, 0.3) is 0 Å². The summed E-state index contributed by atoms with van der Waals surface area (Å²) in [6.45, 7) is 8.36. The second-order valence-electron chi connectivity index (χ2n) is 5.77. The molecule has 0 aromatic heterocycles. The quantitative estimate of drug-likeness (QED) is 0.822. The molecule has 2 saturated heterocycles. The number of nitrogens with one attached hydrogen (secondary N) is 1. The van der Waals surface area contributed by atoms with E-state index in [0.717, 1.165) is 31.9 Å². The Morgan fingerprint density at radius 2 is 1.95 bits per heavy atom. The number of benzene rings is 1. The zero-order valence-corrected chi connectivity index (χ0v) is 13.1. The maximum atomic E-state index is 10.7. The lowest BCUT2D eigenvalue weighted by molar-refractivity contribution is 0.112. The molecule has 2 aliphatic rings. The van der Waals surface area contributed by atoms with E-state index in [0.29, 0.717) is 17.3 Å². The summed E-state index contributed by atoms with van der Waals surface area (Å²) in [6.07, 6.45) is 4.39. The average molecular weight is 290 g/mol. The fourth-order valence-corrected chi connectivity index (χ4v) is 3.29. The number of rotatable bonds is 2. The molecular weight excluding hydrogens is 264 g/mol. The molecule has 2 aliphatic heterocycles. The van der Waals surface area contributed by atoms with E-state index >= 15 is 0 Å². The summed E-state index contributed by atoms with van der Waals surface area (Å²) >= 11 is 0. The van der Waals surface area contributed by atoms with Crippen LogP contribution < -0.4 is 10.2 Å². The number of aromatic hydroxyl groups is 1. The average Bonchev–Trinajstić information content (AvgIpc) is 2.98. The van der Waals surface area contributed by atoms with Gasteiger partial charge in [-0.2, -0.15) is 0 Å². The summed E-state index contributed by atoms with van der Waals surface area (Å²) < 4.78 is 0. The molecule has 2 fully saturated rings. The number of phenols is 1. The van der Waals surface area contributed by atoms with E-state index in [1.807, 2.05) is 19.9 Å². The lowest BCUT2D eigenvalue weighted by atomic mass is 9.78. The standard InChI is InChI=1S/C15H20N2O2.C2H6/c18-10-12-1-2-13(9-14(12)19)17-7-4-15(5-8-17)3-6-16-11-15;1-2/h1-2,9-10,16,19H,3-8,11H2;1-2H3. The molecule has 0 bridgehead atoms. The predicted molar refractivity (Wildman–Crippen MR) is 86.2 cm³/mol. The van der Waals surface area contributed by atoms with Crippen molar-refractivity contribution >= 4 is 12.0 Å². The highest BCUT2D eigenvalue weighted by Crippen LogP contribution is 2.38. The van der Waals surface area contributed by atoms with Crippen molar-refractivity contribution in [2.75, 3.05) is 31.1 Å². The van der Waals surface area contributed by atoms with Crippen molar-refractivity contribution < 1.29 is 9.90 Å². The van der Waals surface area contributed by atoms with Crippen molar-refractivity contribution in [3.05, 3.63) is 23.8 Å². The van der Waals surface area contributed by atoms with E-state index in [1.165, 1.54) is 19.3 Å². The Balaban J connectivity index is 0.000000774. The number of phenolic OH excluding ortho intramolecular Hbond substituents is 1. The van der Waals surface area contributed by atoms with Crippen LogP contribution >= 0.6 is 0 Å². The van der Waals surface area contributed by atoms with E-state index < -0.39 is 0 Å². The van der Waals surface area contributed by atoms with Crippen molar-refractivity contribution in [1.82, 2.24) is 5.32 Å². The number of nitrogens with zero attached hydrogens (tertiary/aromatic N) is 1. The van der Waals surface area contributed by atoms with Gasteiger partial charge in [-0.1, -0.05) is 13.8 Å². The number of hydrogen-bond donors (Lipinski definition) is 2. The Labute approximate surface area is 127 Å². The van der Waals surface area contributed by atoms with Gasteiger partial charge in [0.05, 0.1) is 5.56 Å². The molecule has 3 rings (SSSR count). The van der Waals surface area contributed by atoms with E-state index in [-0.39, 0.29) is 5.75 Å². The maximum absolute atomic E-state index is 10.7. The first-order valence-corrected chi connectivity index (χ1v) is 7.96. The van der Waals surface area contributed by atoms with Gasteiger partial charge in [-0.25, -0.2) is 0 Å². The molecule has 116 valence electrons. The Bertz CT molecular complexity index is 472. The van der Waals surface area contributed by atoms with E-state index in [4.69, 9.17) is 0 Å². The number of carbonyl (C=O) groups is 1. The van der Waals surface area contributed by atoms with Gasteiger partial charge >= 0.3 is 0 Å². The number of piperidine rings is 1. The molecule has 0 atom stereocenters. The van der Waals surface area contributed by atoms with Gasteiger partial charge in [-0.05, 0) is 43.4 Å². The highest BCUT2D eigenvalue weighted by atomic mass is 16.3. The van der Waals surface area contributed by atoms with Crippen LogP contribution in [0.15, 0.2) is 18.2 Å². The van der Waals surface area contributed by atoms with E-state index in [9.17, 15) is 9.90 Å². The van der Waals surface area contributed by atoms with Gasteiger partial charge < -0.3 is 15.3 Å². The van der Waals surface area contributed by atoms with Crippen LogP contribution in [0.4, 0.5) is 5.69 Å². The molecule has 2 N–H and O–H groups in total. The molecule has 4 nitrogen and oxygen atoms in total. The van der Waals surface area contributed by atoms with Crippen molar-refractivity contribution in [2.24, 2.45) is 5.41 Å². The Kier molecular flexibility index (Phi) is 5.23. The van der Waals surface area contributed by atoms with Crippen molar-refractivity contribution in [1.29, 1.82) is 0 Å². The van der Waals surface area contributed by atoms with Crippen LogP contribution in [-0.2, 0) is 0 Å². The third-order valence-corrected chi connectivity index (χ3v) is 4.66. The highest BCUT2D eigenvalue weighted by molar-refractivity contribution is 5.80. The van der Waals surface area contributed by atoms with Crippen LogP contribution in [-0.4, -0.2) is 37.6 Å². The van der Waals surface area contributed by atoms with Gasteiger partial charge in [0.25, 0.3) is 0 Å². The topological polar surface area (TPSA) is 52.6 Å². The van der Waals surface area contributed by atoms with Crippen LogP contribution in [0.2, 0.25) is 0 Å². The Hall–Kier alpha value is -1.55. The first kappa shape index (κ1) is 15.8. The SMILES string of the molecule is CC.O=Cc1ccc(N2CCC3(CCNC3)CC2)cc1O. The summed E-state index contributed by atoms with van der Waals surface area (Å²) in [5, 5.41) is 13.2. The first-order chi connectivity index (χ1) is 10.2. The molecule has 0 saturated carbocycles. The van der Waals surface area contributed by atoms with Gasteiger partial charge in [-0.15, -0.1) is 0 Å². The molecule has 2 heterocycles. The van der Waals surface area contributed by atoms with Gasteiger partial charge in [0, 0.05) is 31.4 Å². The van der Waals surface area contributed by atoms with Crippen LogP contribution in [0.5, 0.6) is 5.75 Å². The summed E-state index contributed by atoms with van der Waals surface area (Å²) in [4.78, 5) is 13.0. The first-order valence-electron chi connectivity index (χ1n) is 7.96.